The van der Waals surface area contributed by atoms with E-state index in [0.29, 0.717) is 0 Å². The molecule has 3 rings (SSSR count). The Morgan fingerprint density at radius 2 is 2.24 bits per heavy atom. The van der Waals surface area contributed by atoms with Crippen LogP contribution in [-0.4, -0.2) is 16.8 Å². The third-order valence-electron chi connectivity index (χ3n) is 3.36. The molecule has 1 aromatic heterocycles. The van der Waals surface area contributed by atoms with Crippen molar-refractivity contribution in [3.05, 3.63) is 36.5 Å². The predicted octanol–water partition coefficient (Wildman–Crippen LogP) is 3.26. The van der Waals surface area contributed by atoms with E-state index in [9.17, 15) is 0 Å². The second-order valence-corrected chi connectivity index (χ2v) is 4.61. The summed E-state index contributed by atoms with van der Waals surface area (Å²) >= 11 is 0. The number of nitrogens with zero attached hydrogens (tertiary/aromatic N) is 1. The van der Waals surface area contributed by atoms with E-state index in [-0.39, 0.29) is 0 Å². The Labute approximate surface area is 101 Å². The van der Waals surface area contributed by atoms with Crippen LogP contribution < -0.4 is 4.74 Å². The lowest BCUT2D eigenvalue weighted by Gasteiger charge is -2.25. The first-order chi connectivity index (χ1) is 8.42. The first-order valence-electron chi connectivity index (χ1n) is 6.14. The van der Waals surface area contributed by atoms with E-state index in [4.69, 9.17) is 4.74 Å². The van der Waals surface area contributed by atoms with Gasteiger partial charge in [0.2, 0.25) is 0 Å². The minimum Gasteiger partial charge on any atom is -0.493 e. The van der Waals surface area contributed by atoms with Crippen LogP contribution in [-0.2, 0) is 0 Å². The molecule has 17 heavy (non-hydrogen) atoms. The van der Waals surface area contributed by atoms with Crippen LogP contribution in [0.5, 0.6) is 5.75 Å². The van der Waals surface area contributed by atoms with E-state index in [1.807, 2.05) is 18.2 Å². The first kappa shape index (κ1) is 10.4. The molecule has 0 atom stereocenters. The molecule has 1 N–H and O–H groups in total. The topological polar surface area (TPSA) is 37.9 Å². The summed E-state index contributed by atoms with van der Waals surface area (Å²) in [7, 11) is 0. The smallest absolute Gasteiger partial charge is 0.119 e. The summed E-state index contributed by atoms with van der Waals surface area (Å²) in [5.41, 5.74) is 2.15. The normalized spacial score (nSPS) is 15.5. The van der Waals surface area contributed by atoms with Crippen LogP contribution in [0.3, 0.4) is 0 Å². The lowest BCUT2D eigenvalue weighted by Crippen LogP contribution is -2.19. The van der Waals surface area contributed by atoms with Crippen molar-refractivity contribution in [1.29, 1.82) is 0 Å². The molecule has 0 radical (unpaired) electrons. The third kappa shape index (κ3) is 2.33. The van der Waals surface area contributed by atoms with Crippen molar-refractivity contribution in [2.75, 3.05) is 6.61 Å². The fourth-order valence-electron chi connectivity index (χ4n) is 2.04. The molecular weight excluding hydrogens is 212 g/mol. The Hall–Kier alpha value is -1.77. The maximum atomic E-state index is 5.81. The highest BCUT2D eigenvalue weighted by Gasteiger charge is 2.17. The zero-order valence-corrected chi connectivity index (χ0v) is 9.73. The van der Waals surface area contributed by atoms with Gasteiger partial charge in [0.15, 0.2) is 0 Å². The summed E-state index contributed by atoms with van der Waals surface area (Å²) in [5.74, 6) is 1.72. The molecule has 1 aliphatic carbocycles. The molecule has 3 heteroatoms. The van der Waals surface area contributed by atoms with Crippen molar-refractivity contribution in [2.45, 2.75) is 19.3 Å². The number of nitrogens with one attached hydrogen (secondary N) is 1. The van der Waals surface area contributed by atoms with E-state index in [1.54, 1.807) is 6.20 Å². The van der Waals surface area contributed by atoms with Crippen LogP contribution >= 0.6 is 0 Å². The third-order valence-corrected chi connectivity index (χ3v) is 3.36. The highest BCUT2D eigenvalue weighted by Crippen LogP contribution is 2.28. The molecule has 2 aromatic rings. The number of benzene rings is 1. The fourth-order valence-corrected chi connectivity index (χ4v) is 2.04. The Balaban J connectivity index is 1.70. The summed E-state index contributed by atoms with van der Waals surface area (Å²) in [6.07, 6.45) is 5.76. The van der Waals surface area contributed by atoms with Crippen molar-refractivity contribution in [1.82, 2.24) is 10.2 Å². The molecule has 88 valence electrons. The van der Waals surface area contributed by atoms with E-state index in [2.05, 4.69) is 22.3 Å². The standard InChI is InChI=1S/C14H16N2O/c1-3-11(4-1)10-17-13-6-2-5-12(9-13)14-7-8-15-16-14/h2,5-9,11H,1,3-4,10H2,(H,15,16). The minimum atomic E-state index is 0.769. The number of ether oxygens (including phenoxy) is 1. The number of aromatic nitrogens is 2. The van der Waals surface area contributed by atoms with E-state index >= 15 is 0 Å². The number of hydrogen-bond acceptors (Lipinski definition) is 2. The zero-order chi connectivity index (χ0) is 11.5. The molecule has 1 heterocycles. The summed E-state index contributed by atoms with van der Waals surface area (Å²) in [5, 5.41) is 6.92. The second kappa shape index (κ2) is 4.62. The van der Waals surface area contributed by atoms with Crippen molar-refractivity contribution < 1.29 is 4.74 Å². The average Bonchev–Trinajstić information content (AvgIpc) is 2.81. The van der Waals surface area contributed by atoms with Gasteiger partial charge in [0.1, 0.15) is 5.75 Å². The molecule has 1 fully saturated rings. The van der Waals surface area contributed by atoms with Gasteiger partial charge in [-0.05, 0) is 37.0 Å². The van der Waals surface area contributed by atoms with E-state index in [1.165, 1.54) is 19.3 Å². The van der Waals surface area contributed by atoms with Gasteiger partial charge in [0, 0.05) is 11.8 Å². The van der Waals surface area contributed by atoms with Gasteiger partial charge < -0.3 is 4.74 Å². The Kier molecular flexibility index (Phi) is 2.82. The van der Waals surface area contributed by atoms with Crippen molar-refractivity contribution in [3.8, 4) is 17.0 Å². The highest BCUT2D eigenvalue weighted by atomic mass is 16.5. The van der Waals surface area contributed by atoms with Gasteiger partial charge in [-0.3, -0.25) is 5.10 Å². The average molecular weight is 228 g/mol. The van der Waals surface area contributed by atoms with Gasteiger partial charge in [-0.25, -0.2) is 0 Å². The van der Waals surface area contributed by atoms with E-state index in [0.717, 1.165) is 29.5 Å². The SMILES string of the molecule is c1cc(OCC2CCC2)cc(-c2ccn[nH]2)c1. The molecule has 1 saturated carbocycles. The molecule has 0 amide bonds. The molecule has 0 aliphatic heterocycles. The molecule has 1 aliphatic rings. The maximum Gasteiger partial charge on any atom is 0.119 e. The molecule has 0 spiro atoms. The Morgan fingerprint density at radius 1 is 1.29 bits per heavy atom. The number of rotatable bonds is 4. The minimum absolute atomic E-state index is 0.769. The molecule has 3 nitrogen and oxygen atoms in total. The summed E-state index contributed by atoms with van der Waals surface area (Å²) < 4.78 is 5.81. The zero-order valence-electron chi connectivity index (χ0n) is 9.73. The van der Waals surface area contributed by atoms with Crippen molar-refractivity contribution >= 4 is 0 Å². The molecule has 1 aromatic carbocycles. The Bertz CT molecular complexity index is 475. The van der Waals surface area contributed by atoms with Gasteiger partial charge in [-0.15, -0.1) is 0 Å². The summed E-state index contributed by atoms with van der Waals surface area (Å²) in [6, 6.07) is 10.1. The molecular formula is C14H16N2O. The monoisotopic (exact) mass is 228 g/mol. The number of hydrogen-bond donors (Lipinski definition) is 1. The van der Waals surface area contributed by atoms with Crippen LogP contribution in [0.15, 0.2) is 36.5 Å². The largest absolute Gasteiger partial charge is 0.493 e. The second-order valence-electron chi connectivity index (χ2n) is 4.61. The summed E-state index contributed by atoms with van der Waals surface area (Å²) in [6.45, 7) is 0.854. The van der Waals surface area contributed by atoms with E-state index < -0.39 is 0 Å². The maximum absolute atomic E-state index is 5.81. The molecule has 0 saturated heterocycles. The number of aromatic amines is 1. The highest BCUT2D eigenvalue weighted by molar-refractivity contribution is 5.60. The lowest BCUT2D eigenvalue weighted by molar-refractivity contribution is 0.180. The lowest BCUT2D eigenvalue weighted by atomic mass is 9.86. The van der Waals surface area contributed by atoms with Gasteiger partial charge in [-0.2, -0.15) is 5.10 Å². The van der Waals surface area contributed by atoms with Crippen LogP contribution in [0.2, 0.25) is 0 Å². The molecule has 0 unspecified atom stereocenters. The number of H-pyrrole nitrogens is 1. The van der Waals surface area contributed by atoms with Gasteiger partial charge in [-0.1, -0.05) is 18.6 Å². The Morgan fingerprint density at radius 3 is 2.94 bits per heavy atom. The van der Waals surface area contributed by atoms with Crippen molar-refractivity contribution in [2.24, 2.45) is 5.92 Å². The van der Waals surface area contributed by atoms with Crippen LogP contribution in [0.25, 0.3) is 11.3 Å². The summed E-state index contributed by atoms with van der Waals surface area (Å²) in [4.78, 5) is 0. The molecule has 0 bridgehead atoms. The van der Waals surface area contributed by atoms with Crippen LogP contribution in [0.4, 0.5) is 0 Å². The van der Waals surface area contributed by atoms with Crippen LogP contribution in [0.1, 0.15) is 19.3 Å². The quantitative estimate of drug-likeness (QED) is 0.872. The van der Waals surface area contributed by atoms with Crippen LogP contribution in [0, 0.1) is 5.92 Å². The van der Waals surface area contributed by atoms with Crippen molar-refractivity contribution in [3.63, 3.8) is 0 Å². The van der Waals surface area contributed by atoms with Gasteiger partial charge in [0.25, 0.3) is 0 Å². The fraction of sp³-hybridized carbons (Fsp3) is 0.357. The van der Waals surface area contributed by atoms with Gasteiger partial charge >= 0.3 is 0 Å². The first-order valence-corrected chi connectivity index (χ1v) is 6.14. The van der Waals surface area contributed by atoms with Gasteiger partial charge in [0.05, 0.1) is 12.3 Å². The predicted molar refractivity (Wildman–Crippen MR) is 66.9 cm³/mol.